The molecule has 0 bridgehead atoms. The molecule has 1 atom stereocenters. The van der Waals surface area contributed by atoms with E-state index in [9.17, 15) is 9.90 Å². The maximum absolute atomic E-state index is 11.6. The van der Waals surface area contributed by atoms with Crippen molar-refractivity contribution in [1.82, 2.24) is 20.2 Å². The van der Waals surface area contributed by atoms with Crippen molar-refractivity contribution in [3.63, 3.8) is 0 Å². The molecule has 1 aliphatic heterocycles. The zero-order valence-electron chi connectivity index (χ0n) is 14.5. The van der Waals surface area contributed by atoms with Crippen LogP contribution in [0, 0.1) is 0 Å². The molecule has 1 fully saturated rings. The summed E-state index contributed by atoms with van der Waals surface area (Å²) in [5, 5.41) is 13.3. The lowest BCUT2D eigenvalue weighted by Crippen LogP contribution is -2.49. The molecule has 1 saturated heterocycles. The summed E-state index contributed by atoms with van der Waals surface area (Å²) in [5.41, 5.74) is 1.84. The van der Waals surface area contributed by atoms with Crippen molar-refractivity contribution < 1.29 is 9.90 Å². The van der Waals surface area contributed by atoms with Crippen molar-refractivity contribution in [2.24, 2.45) is 0 Å². The number of piperidine rings is 1. The van der Waals surface area contributed by atoms with Gasteiger partial charge in [0, 0.05) is 32.5 Å². The van der Waals surface area contributed by atoms with Crippen LogP contribution in [0.15, 0.2) is 42.7 Å². The Morgan fingerprint density at radius 2 is 2.12 bits per heavy atom. The fourth-order valence-corrected chi connectivity index (χ4v) is 3.31. The third-order valence-corrected chi connectivity index (χ3v) is 4.56. The Morgan fingerprint density at radius 3 is 2.80 bits per heavy atom. The van der Waals surface area contributed by atoms with Gasteiger partial charge in [-0.25, -0.2) is 0 Å². The molecular formula is C19H24N4O2. The highest BCUT2D eigenvalue weighted by atomic mass is 16.3. The normalized spacial score (nSPS) is 21.0. The van der Waals surface area contributed by atoms with E-state index in [4.69, 9.17) is 0 Å². The molecule has 1 amide bonds. The van der Waals surface area contributed by atoms with Crippen LogP contribution in [0.3, 0.4) is 0 Å². The second-order valence-electron chi connectivity index (χ2n) is 6.66. The molecular weight excluding hydrogens is 316 g/mol. The molecule has 2 N–H and O–H groups in total. The number of carbonyl (C=O) groups is 1. The van der Waals surface area contributed by atoms with Gasteiger partial charge in [0.1, 0.15) is 0 Å². The van der Waals surface area contributed by atoms with E-state index in [1.165, 1.54) is 0 Å². The number of aliphatic hydroxyl groups is 1. The Kier molecular flexibility index (Phi) is 5.40. The first-order valence-electron chi connectivity index (χ1n) is 8.60. The first-order valence-corrected chi connectivity index (χ1v) is 8.60. The van der Waals surface area contributed by atoms with Crippen molar-refractivity contribution >= 4 is 5.91 Å². The average molecular weight is 340 g/mol. The third kappa shape index (κ3) is 4.61. The van der Waals surface area contributed by atoms with E-state index >= 15 is 0 Å². The van der Waals surface area contributed by atoms with Crippen LogP contribution in [-0.2, 0) is 11.3 Å². The monoisotopic (exact) mass is 340 g/mol. The number of hydrogen-bond donors (Lipinski definition) is 2. The number of carbonyl (C=O) groups excluding carboxylic acids is 1. The molecule has 25 heavy (non-hydrogen) atoms. The molecule has 0 radical (unpaired) electrons. The molecule has 132 valence electrons. The molecule has 0 saturated carbocycles. The van der Waals surface area contributed by atoms with Crippen LogP contribution in [0.4, 0.5) is 0 Å². The molecule has 0 aromatic carbocycles. The number of likely N-dealkylation sites (tertiary alicyclic amines) is 1. The summed E-state index contributed by atoms with van der Waals surface area (Å²) in [6.07, 6.45) is 5.31. The summed E-state index contributed by atoms with van der Waals surface area (Å²) in [6, 6.07) is 9.78. The topological polar surface area (TPSA) is 78.4 Å². The highest BCUT2D eigenvalue weighted by molar-refractivity contribution is 5.76. The standard InChI is InChI=1S/C19H24N4O2/c1-20-18(24)11-19(25)8-4-10-23(14-19)13-15-6-7-17(22-12-15)16-5-2-3-9-21-16/h2-3,5-7,9,12,25H,4,8,10-11,13-14H2,1H3,(H,20,24). The molecule has 3 rings (SSSR count). The van der Waals surface area contributed by atoms with Gasteiger partial charge < -0.3 is 10.4 Å². The van der Waals surface area contributed by atoms with E-state index in [1.54, 1.807) is 13.2 Å². The molecule has 2 aromatic heterocycles. The Bertz CT molecular complexity index is 705. The predicted molar refractivity (Wildman–Crippen MR) is 95.6 cm³/mol. The van der Waals surface area contributed by atoms with Crippen molar-refractivity contribution in [2.45, 2.75) is 31.4 Å². The molecule has 6 heteroatoms. The van der Waals surface area contributed by atoms with Gasteiger partial charge in [-0.05, 0) is 43.1 Å². The molecule has 0 spiro atoms. The molecule has 1 aliphatic rings. The number of pyridine rings is 2. The minimum atomic E-state index is -0.945. The minimum absolute atomic E-state index is 0.120. The van der Waals surface area contributed by atoms with Crippen LogP contribution in [0.5, 0.6) is 0 Å². The average Bonchev–Trinajstić information content (AvgIpc) is 2.63. The Hall–Kier alpha value is -2.31. The van der Waals surface area contributed by atoms with Crippen molar-refractivity contribution in [1.29, 1.82) is 0 Å². The summed E-state index contributed by atoms with van der Waals surface area (Å²) in [7, 11) is 1.60. The second kappa shape index (κ2) is 7.72. The summed E-state index contributed by atoms with van der Waals surface area (Å²) in [5.74, 6) is -0.120. The molecule has 6 nitrogen and oxygen atoms in total. The highest BCUT2D eigenvalue weighted by Crippen LogP contribution is 2.25. The summed E-state index contributed by atoms with van der Waals surface area (Å²) in [4.78, 5) is 22.6. The number of rotatable bonds is 5. The van der Waals surface area contributed by atoms with E-state index < -0.39 is 5.60 Å². The number of nitrogens with one attached hydrogen (secondary N) is 1. The van der Waals surface area contributed by atoms with Crippen LogP contribution in [0.1, 0.15) is 24.8 Å². The van der Waals surface area contributed by atoms with Gasteiger partial charge in [-0.2, -0.15) is 0 Å². The Morgan fingerprint density at radius 1 is 1.28 bits per heavy atom. The summed E-state index contributed by atoms with van der Waals surface area (Å²) < 4.78 is 0. The number of amides is 1. The van der Waals surface area contributed by atoms with Crippen LogP contribution in [0.25, 0.3) is 11.4 Å². The van der Waals surface area contributed by atoms with Gasteiger partial charge in [0.05, 0.1) is 23.4 Å². The smallest absolute Gasteiger partial charge is 0.222 e. The zero-order valence-corrected chi connectivity index (χ0v) is 14.5. The SMILES string of the molecule is CNC(=O)CC1(O)CCCN(Cc2ccc(-c3ccccn3)nc2)C1. The van der Waals surface area contributed by atoms with E-state index in [1.807, 2.05) is 36.5 Å². The lowest BCUT2D eigenvalue weighted by Gasteiger charge is -2.38. The zero-order chi connectivity index (χ0) is 17.7. The largest absolute Gasteiger partial charge is 0.388 e. The van der Waals surface area contributed by atoms with E-state index in [2.05, 4.69) is 20.2 Å². The maximum atomic E-state index is 11.6. The Balaban J connectivity index is 1.63. The predicted octanol–water partition coefficient (Wildman–Crippen LogP) is 1.61. The first-order chi connectivity index (χ1) is 12.1. The fourth-order valence-electron chi connectivity index (χ4n) is 3.31. The minimum Gasteiger partial charge on any atom is -0.388 e. The lowest BCUT2D eigenvalue weighted by atomic mass is 9.89. The second-order valence-corrected chi connectivity index (χ2v) is 6.66. The van der Waals surface area contributed by atoms with Gasteiger partial charge in [0.2, 0.25) is 5.91 Å². The van der Waals surface area contributed by atoms with Gasteiger partial charge in [-0.15, -0.1) is 0 Å². The van der Waals surface area contributed by atoms with Crippen molar-refractivity contribution in [3.8, 4) is 11.4 Å². The van der Waals surface area contributed by atoms with Gasteiger partial charge in [-0.1, -0.05) is 12.1 Å². The number of nitrogens with zero attached hydrogens (tertiary/aromatic N) is 3. The van der Waals surface area contributed by atoms with Crippen LogP contribution in [-0.4, -0.2) is 51.6 Å². The summed E-state index contributed by atoms with van der Waals surface area (Å²) in [6.45, 7) is 2.13. The number of hydrogen-bond acceptors (Lipinski definition) is 5. The van der Waals surface area contributed by atoms with Crippen LogP contribution in [0.2, 0.25) is 0 Å². The van der Waals surface area contributed by atoms with Crippen LogP contribution >= 0.6 is 0 Å². The van der Waals surface area contributed by atoms with Gasteiger partial charge in [-0.3, -0.25) is 19.7 Å². The summed E-state index contributed by atoms with van der Waals surface area (Å²) >= 11 is 0. The fraction of sp³-hybridized carbons (Fsp3) is 0.421. The van der Waals surface area contributed by atoms with E-state index in [0.29, 0.717) is 19.5 Å². The Labute approximate surface area is 147 Å². The van der Waals surface area contributed by atoms with E-state index in [-0.39, 0.29) is 12.3 Å². The van der Waals surface area contributed by atoms with E-state index in [0.717, 1.165) is 29.9 Å². The maximum Gasteiger partial charge on any atom is 0.222 e. The van der Waals surface area contributed by atoms with Gasteiger partial charge >= 0.3 is 0 Å². The van der Waals surface area contributed by atoms with Crippen molar-refractivity contribution in [3.05, 3.63) is 48.3 Å². The molecule has 2 aromatic rings. The molecule has 3 heterocycles. The van der Waals surface area contributed by atoms with Crippen LogP contribution < -0.4 is 5.32 Å². The highest BCUT2D eigenvalue weighted by Gasteiger charge is 2.35. The lowest BCUT2D eigenvalue weighted by molar-refractivity contribution is -0.128. The van der Waals surface area contributed by atoms with Crippen molar-refractivity contribution in [2.75, 3.05) is 20.1 Å². The third-order valence-electron chi connectivity index (χ3n) is 4.56. The first kappa shape index (κ1) is 17.5. The van der Waals surface area contributed by atoms with Gasteiger partial charge in [0.25, 0.3) is 0 Å². The molecule has 1 unspecified atom stereocenters. The van der Waals surface area contributed by atoms with Gasteiger partial charge in [0.15, 0.2) is 0 Å². The number of aromatic nitrogens is 2. The quantitative estimate of drug-likeness (QED) is 0.864. The number of β-amino-alcohol motifs (C(OH)–C–C–N with tert-alkyl or cyclic N) is 1. The molecule has 0 aliphatic carbocycles.